The molecule has 0 radical (unpaired) electrons. The normalized spacial score (nSPS) is 22.2. The molecule has 10 nitrogen and oxygen atoms in total. The van der Waals surface area contributed by atoms with Crippen LogP contribution in [0.5, 0.6) is 5.75 Å². The summed E-state index contributed by atoms with van der Waals surface area (Å²) in [6.45, 7) is 0.843. The molecule has 3 aromatic rings. The molecule has 5 atom stereocenters. The number of methoxy groups -OCH3 is 1. The first-order valence-corrected chi connectivity index (χ1v) is 13.1. The molecule has 0 spiro atoms. The first-order valence-electron chi connectivity index (χ1n) is 13.1. The third kappa shape index (κ3) is 5.31. The lowest BCUT2D eigenvalue weighted by atomic mass is 9.94. The standard InChI is InChI=1S/C29H31N5O5/c1-39-26-9-5-8-21-20(26)14-23(32-21)29(38)34-16-19(17-6-3-2-4-7-17)13-24(34)28(37)33-22(25(35)15-30)12-18-10-11-31-27(18)36/h2-9,14,18-19,22,24-25,32,35H,10-13,16H2,1H3,(H,31,36)(H,33,37)/t18-,19+,22-,24-,25-/m0/s1. The van der Waals surface area contributed by atoms with E-state index in [9.17, 15) is 24.8 Å². The average Bonchev–Trinajstić information content (AvgIpc) is 3.70. The molecule has 2 fully saturated rings. The molecule has 2 aromatic carbocycles. The Morgan fingerprint density at radius 3 is 2.72 bits per heavy atom. The fraction of sp³-hybridized carbons (Fsp3) is 0.379. The van der Waals surface area contributed by atoms with Crippen molar-refractivity contribution in [3.63, 3.8) is 0 Å². The molecule has 0 unspecified atom stereocenters. The summed E-state index contributed by atoms with van der Waals surface area (Å²) >= 11 is 0. The van der Waals surface area contributed by atoms with Gasteiger partial charge in [-0.15, -0.1) is 0 Å². The Balaban J connectivity index is 1.42. The molecule has 2 aliphatic rings. The third-order valence-corrected chi connectivity index (χ3v) is 7.75. The van der Waals surface area contributed by atoms with Gasteiger partial charge in [-0.25, -0.2) is 0 Å². The van der Waals surface area contributed by atoms with E-state index >= 15 is 0 Å². The maximum Gasteiger partial charge on any atom is 0.271 e. The van der Waals surface area contributed by atoms with Crippen molar-refractivity contribution in [2.75, 3.05) is 20.2 Å². The highest BCUT2D eigenvalue weighted by Gasteiger charge is 2.42. The van der Waals surface area contributed by atoms with Crippen molar-refractivity contribution in [1.29, 1.82) is 5.26 Å². The van der Waals surface area contributed by atoms with Crippen LogP contribution in [0.15, 0.2) is 54.6 Å². The Kier molecular flexibility index (Phi) is 7.52. The molecule has 2 aliphatic heterocycles. The molecule has 10 heteroatoms. The Morgan fingerprint density at radius 1 is 1.23 bits per heavy atom. The molecule has 5 rings (SSSR count). The molecule has 0 saturated carbocycles. The van der Waals surface area contributed by atoms with Crippen molar-refractivity contribution in [2.45, 2.75) is 43.4 Å². The van der Waals surface area contributed by atoms with Crippen LogP contribution in [0.3, 0.4) is 0 Å². The Morgan fingerprint density at radius 2 is 2.03 bits per heavy atom. The number of aromatic amines is 1. The summed E-state index contributed by atoms with van der Waals surface area (Å²) < 4.78 is 5.43. The number of nitrogens with one attached hydrogen (secondary N) is 3. The Hall–Kier alpha value is -4.36. The number of carbonyl (C=O) groups excluding carboxylic acids is 3. The number of fused-ring (bicyclic) bond motifs is 1. The van der Waals surface area contributed by atoms with E-state index in [2.05, 4.69) is 15.6 Å². The van der Waals surface area contributed by atoms with E-state index in [0.717, 1.165) is 16.5 Å². The minimum Gasteiger partial charge on any atom is -0.496 e. The number of amides is 3. The van der Waals surface area contributed by atoms with Crippen molar-refractivity contribution in [1.82, 2.24) is 20.5 Å². The zero-order valence-corrected chi connectivity index (χ0v) is 21.6. The van der Waals surface area contributed by atoms with Gasteiger partial charge in [-0.1, -0.05) is 36.4 Å². The van der Waals surface area contributed by atoms with Crippen molar-refractivity contribution in [3.05, 3.63) is 65.9 Å². The van der Waals surface area contributed by atoms with E-state index < -0.39 is 30.0 Å². The van der Waals surface area contributed by atoms with E-state index in [1.807, 2.05) is 48.5 Å². The van der Waals surface area contributed by atoms with Gasteiger partial charge >= 0.3 is 0 Å². The molecule has 1 aromatic heterocycles. The van der Waals surface area contributed by atoms with Crippen LogP contribution in [-0.2, 0) is 9.59 Å². The number of nitriles is 1. The van der Waals surface area contributed by atoms with Crippen LogP contribution in [0.25, 0.3) is 10.9 Å². The number of H-pyrrole nitrogens is 1. The second-order valence-electron chi connectivity index (χ2n) is 10.1. The number of carbonyl (C=O) groups is 3. The number of nitrogens with zero attached hydrogens (tertiary/aromatic N) is 2. The molecule has 0 bridgehead atoms. The summed E-state index contributed by atoms with van der Waals surface area (Å²) in [7, 11) is 1.57. The molecule has 0 aliphatic carbocycles. The van der Waals surface area contributed by atoms with Crippen LogP contribution in [-0.4, -0.2) is 71.1 Å². The number of rotatable bonds is 8. The van der Waals surface area contributed by atoms with Crippen molar-refractivity contribution in [2.24, 2.45) is 5.92 Å². The molecular weight excluding hydrogens is 498 g/mol. The monoisotopic (exact) mass is 529 g/mol. The Labute approximate surface area is 225 Å². The highest BCUT2D eigenvalue weighted by Crippen LogP contribution is 2.34. The van der Waals surface area contributed by atoms with Crippen LogP contribution in [0.1, 0.15) is 41.2 Å². The lowest BCUT2D eigenvalue weighted by molar-refractivity contribution is -0.127. The van der Waals surface area contributed by atoms with Gasteiger partial charge in [0.25, 0.3) is 5.91 Å². The smallest absolute Gasteiger partial charge is 0.271 e. The minimum absolute atomic E-state index is 0.0789. The van der Waals surface area contributed by atoms with Crippen molar-refractivity contribution < 1.29 is 24.2 Å². The quantitative estimate of drug-likeness (QED) is 0.329. The first-order chi connectivity index (χ1) is 18.9. The van der Waals surface area contributed by atoms with Gasteiger partial charge in [0.05, 0.1) is 19.2 Å². The molecular formula is C29H31N5O5. The van der Waals surface area contributed by atoms with Gasteiger partial charge < -0.3 is 30.4 Å². The molecule has 2 saturated heterocycles. The lowest BCUT2D eigenvalue weighted by Gasteiger charge is -2.27. The Bertz CT molecular complexity index is 1410. The van der Waals surface area contributed by atoms with Crippen LogP contribution in [0.4, 0.5) is 0 Å². The van der Waals surface area contributed by atoms with Crippen LogP contribution < -0.4 is 15.4 Å². The number of aliphatic hydroxyl groups is 1. The van der Waals surface area contributed by atoms with Crippen molar-refractivity contribution in [3.8, 4) is 11.8 Å². The van der Waals surface area contributed by atoms with Gasteiger partial charge in [-0.2, -0.15) is 5.26 Å². The zero-order chi connectivity index (χ0) is 27.5. The summed E-state index contributed by atoms with van der Waals surface area (Å²) in [5, 5.41) is 26.0. The van der Waals surface area contributed by atoms with Gasteiger partial charge in [-0.05, 0) is 43.0 Å². The first kappa shape index (κ1) is 26.3. The van der Waals surface area contributed by atoms with E-state index in [4.69, 9.17) is 4.74 Å². The summed E-state index contributed by atoms with van der Waals surface area (Å²) in [5.41, 5.74) is 2.09. The van der Waals surface area contributed by atoms with Crippen LogP contribution >= 0.6 is 0 Å². The molecule has 202 valence electrons. The van der Waals surface area contributed by atoms with E-state index in [0.29, 0.717) is 37.4 Å². The predicted molar refractivity (Wildman–Crippen MR) is 143 cm³/mol. The number of benzene rings is 2. The second-order valence-corrected chi connectivity index (χ2v) is 10.1. The highest BCUT2D eigenvalue weighted by molar-refractivity contribution is 6.02. The number of aromatic nitrogens is 1. The average molecular weight is 530 g/mol. The third-order valence-electron chi connectivity index (χ3n) is 7.75. The summed E-state index contributed by atoms with van der Waals surface area (Å²) in [6, 6.07) is 16.9. The fourth-order valence-corrected chi connectivity index (χ4v) is 5.66. The minimum atomic E-state index is -1.49. The number of likely N-dealkylation sites (tertiary alicyclic amines) is 1. The van der Waals surface area contributed by atoms with Gasteiger partial charge in [0.2, 0.25) is 11.8 Å². The number of hydrogen-bond acceptors (Lipinski definition) is 6. The fourth-order valence-electron chi connectivity index (χ4n) is 5.66. The molecule has 3 amide bonds. The number of hydrogen-bond donors (Lipinski definition) is 4. The van der Waals surface area contributed by atoms with Gasteiger partial charge in [0, 0.05) is 35.8 Å². The maximum atomic E-state index is 13.8. The topological polar surface area (TPSA) is 148 Å². The van der Waals surface area contributed by atoms with Crippen LogP contribution in [0.2, 0.25) is 0 Å². The van der Waals surface area contributed by atoms with Gasteiger partial charge in [0.15, 0.2) is 6.10 Å². The predicted octanol–water partition coefficient (Wildman–Crippen LogP) is 2.07. The molecule has 3 heterocycles. The SMILES string of the molecule is COc1cccc2[nH]c(C(=O)N3C[C@H](c4ccccc4)C[C@H]3C(=O)N[C@@H](C[C@@H]3CCNC3=O)[C@@H](O)C#N)cc12. The zero-order valence-electron chi connectivity index (χ0n) is 21.6. The van der Waals surface area contributed by atoms with E-state index in [-0.39, 0.29) is 24.2 Å². The van der Waals surface area contributed by atoms with E-state index in [1.54, 1.807) is 24.1 Å². The second kappa shape index (κ2) is 11.2. The van der Waals surface area contributed by atoms with Gasteiger partial charge in [-0.3, -0.25) is 14.4 Å². The molecule has 39 heavy (non-hydrogen) atoms. The highest BCUT2D eigenvalue weighted by atomic mass is 16.5. The number of aliphatic hydroxyl groups excluding tert-OH is 1. The van der Waals surface area contributed by atoms with Crippen LogP contribution in [0, 0.1) is 17.2 Å². The number of ether oxygens (including phenoxy) is 1. The van der Waals surface area contributed by atoms with Gasteiger partial charge in [0.1, 0.15) is 17.5 Å². The molecule has 4 N–H and O–H groups in total. The summed E-state index contributed by atoms with van der Waals surface area (Å²) in [5.74, 6) is -0.810. The maximum absolute atomic E-state index is 13.8. The van der Waals surface area contributed by atoms with Crippen molar-refractivity contribution >= 4 is 28.6 Å². The summed E-state index contributed by atoms with van der Waals surface area (Å²) in [4.78, 5) is 44.3. The van der Waals surface area contributed by atoms with E-state index in [1.165, 1.54) is 0 Å². The summed E-state index contributed by atoms with van der Waals surface area (Å²) in [6.07, 6.45) is -0.405. The largest absolute Gasteiger partial charge is 0.496 e. The lowest BCUT2D eigenvalue weighted by Crippen LogP contribution is -2.52.